The molecule has 0 saturated carbocycles. The molecule has 0 aliphatic carbocycles. The minimum absolute atomic E-state index is 0.0898. The van der Waals surface area contributed by atoms with Gasteiger partial charge in [0, 0.05) is 94.9 Å². The highest BCUT2D eigenvalue weighted by Gasteiger charge is 2.45. The summed E-state index contributed by atoms with van der Waals surface area (Å²) < 4.78 is 159. The number of benzene rings is 17. The third-order valence-electron chi connectivity index (χ3n) is 21.6. The number of para-hydroxylation sites is 7. The van der Waals surface area contributed by atoms with E-state index in [9.17, 15) is 19.2 Å². The molecule has 0 N–H and O–H groups in total. The van der Waals surface area contributed by atoms with Gasteiger partial charge >= 0.3 is 0 Å². The van der Waals surface area contributed by atoms with Crippen LogP contribution in [0.15, 0.2) is 406 Å². The van der Waals surface area contributed by atoms with Gasteiger partial charge in [-0.1, -0.05) is 261 Å². The largest absolute Gasteiger partial charge is 0.311 e. The van der Waals surface area contributed by atoms with Gasteiger partial charge in [0.25, 0.3) is 6.71 Å². The Labute approximate surface area is 654 Å². The van der Waals surface area contributed by atoms with Crippen LogP contribution in [0.4, 0.5) is 51.2 Å². The normalized spacial score (nSPS) is 14.4. The second kappa shape index (κ2) is 25.2. The zero-order valence-electron chi connectivity index (χ0n) is 74.2. The maximum Gasteiger partial charge on any atom is 0.252 e. The van der Waals surface area contributed by atoms with Crippen molar-refractivity contribution in [2.75, 3.05) is 14.7 Å². The highest BCUT2D eigenvalue weighted by Crippen LogP contribution is 2.51. The monoisotopic (exact) mass is 1400 g/mol. The Kier molecular flexibility index (Phi) is 11.0. The molecule has 0 fully saturated rings. The Morgan fingerprint density at radius 3 is 0.972 bits per heavy atom. The van der Waals surface area contributed by atoms with Gasteiger partial charge in [-0.05, 0) is 206 Å². The van der Waals surface area contributed by atoms with E-state index in [-0.39, 0.29) is 55.0 Å². The summed E-state index contributed by atoms with van der Waals surface area (Å²) in [6, 6.07) is 96.0. The first-order valence-corrected chi connectivity index (χ1v) is 36.3. The molecule has 0 saturated heterocycles. The number of hydrogen-bond donors (Lipinski definition) is 0. The summed E-state index contributed by atoms with van der Waals surface area (Å²) in [6.45, 7) is -0.797. The predicted octanol–water partition coefficient (Wildman–Crippen LogP) is 25.2. The van der Waals surface area contributed by atoms with Crippen LogP contribution in [0.2, 0.25) is 0 Å². The van der Waals surface area contributed by atoms with Crippen LogP contribution in [0.5, 0.6) is 0 Å². The van der Waals surface area contributed by atoms with E-state index in [1.807, 2.05) is 170 Å². The Bertz CT molecular complexity index is 7700. The standard InChI is InChI=1S/C102H67BN6/c1-7-29-68(30-8-1)72-57-73(69-31-9-2-10-32-69)60-81(59-72)108-98-64-79(105-92-46-24-19-41-84(92)85-42-20-25-47-93(85)105)51-54-90(98)103-91-55-52-80(106-96-50-28-23-45-88(96)89-63-78(53-56-97(89)106)104(76-37-15-5-16-38-76)77-39-17-6-18-40-77)65-99(91)109(82-61-74(70-33-11-3-12-34-70)58-75(62-82)71-35-13-4-14-36-71)101-67-83(66-100(108)102(101)103)107-94-48-26-21-43-86(94)87-44-22-27-49-95(87)107/h1-67H/i19D,20D,21D,22D,24D,25D,26D,27D,41D,42D,43D,44D,46D,47D,48D,49D. The molecule has 22 rings (SSSR count). The average molecular weight is 1400 g/mol. The number of rotatable bonds is 12. The Morgan fingerprint density at radius 1 is 0.220 bits per heavy atom. The van der Waals surface area contributed by atoms with Crippen molar-refractivity contribution in [3.8, 4) is 61.6 Å². The fraction of sp³-hybridized carbons (Fsp3) is 0. The SMILES string of the molecule is [2H]c1c([2H])c([2H])c2c(c1[2H])c1c([2H])c([2H])c([2H])c([2H])c1n2-c1ccc2c(c1)N(c1cc(-c3ccccc3)cc(-c3ccccc3)c1)c1cc(-n3c4c([2H])c([2H])c([2H])c([2H])c4c4c([2H])c([2H])c([2H])c([2H])c43)cc3c1B2c1ccc(-n2c4ccccc4c4cc(N(c5ccccc5)c5ccccc5)ccc42)cc1N3c1cc(-c2ccccc2)cc(-c2ccccc2)c1. The highest BCUT2D eigenvalue weighted by atomic mass is 15.2. The van der Waals surface area contributed by atoms with Crippen LogP contribution >= 0.6 is 0 Å². The lowest BCUT2D eigenvalue weighted by Gasteiger charge is -2.45. The zero-order valence-corrected chi connectivity index (χ0v) is 58.2. The third-order valence-corrected chi connectivity index (χ3v) is 21.6. The van der Waals surface area contributed by atoms with E-state index in [2.05, 4.69) is 159 Å². The van der Waals surface area contributed by atoms with Gasteiger partial charge in [0.2, 0.25) is 0 Å². The summed E-state index contributed by atoms with van der Waals surface area (Å²) in [4.78, 5) is 6.62. The van der Waals surface area contributed by atoms with Gasteiger partial charge in [-0.15, -0.1) is 0 Å². The van der Waals surface area contributed by atoms with Crippen molar-refractivity contribution in [2.45, 2.75) is 0 Å². The average Bonchev–Trinajstić information content (AvgIpc) is 1.68. The smallest absolute Gasteiger partial charge is 0.252 e. The summed E-state index contributed by atoms with van der Waals surface area (Å²) in [7, 11) is 0. The van der Waals surface area contributed by atoms with Crippen LogP contribution in [-0.2, 0) is 0 Å². The highest BCUT2D eigenvalue weighted by molar-refractivity contribution is 7.00. The van der Waals surface area contributed by atoms with Crippen molar-refractivity contribution in [3.63, 3.8) is 0 Å². The molecule has 2 aliphatic rings. The Balaban J connectivity index is 0.922. The fourth-order valence-electron chi connectivity index (χ4n) is 16.9. The molecule has 20 aromatic rings. The van der Waals surface area contributed by atoms with Crippen LogP contribution in [0.3, 0.4) is 0 Å². The van der Waals surface area contributed by atoms with Gasteiger partial charge in [-0.25, -0.2) is 0 Å². The molecule has 0 unspecified atom stereocenters. The van der Waals surface area contributed by atoms with Crippen LogP contribution in [-0.4, -0.2) is 20.4 Å². The lowest BCUT2D eigenvalue weighted by molar-refractivity contribution is 1.15. The first kappa shape index (κ1) is 47.9. The quantitative estimate of drug-likeness (QED) is 0.114. The first-order valence-electron chi connectivity index (χ1n) is 44.3. The molecule has 0 amide bonds. The number of nitrogens with zero attached hydrogens (tertiary/aromatic N) is 6. The third kappa shape index (κ3) is 10.0. The molecule has 17 aromatic carbocycles. The molecule has 0 radical (unpaired) electrons. The Morgan fingerprint density at radius 2 is 0.560 bits per heavy atom. The molecule has 508 valence electrons. The van der Waals surface area contributed by atoms with Crippen molar-refractivity contribution in [2.24, 2.45) is 0 Å². The van der Waals surface area contributed by atoms with Gasteiger partial charge in [-0.3, -0.25) is 0 Å². The van der Waals surface area contributed by atoms with E-state index in [4.69, 9.17) is 2.74 Å². The molecule has 2 aliphatic heterocycles. The topological polar surface area (TPSA) is 24.5 Å². The zero-order chi connectivity index (χ0) is 85.5. The number of fused-ring (bicyclic) bond motifs is 13. The second-order valence-electron chi connectivity index (χ2n) is 27.6. The number of hydrogen-bond acceptors (Lipinski definition) is 3. The molecule has 6 nitrogen and oxygen atoms in total. The van der Waals surface area contributed by atoms with Crippen LogP contribution in [0.25, 0.3) is 127 Å². The van der Waals surface area contributed by atoms with Crippen molar-refractivity contribution >= 4 is 140 Å². The maximum absolute atomic E-state index is 10.2. The minimum Gasteiger partial charge on any atom is -0.311 e. The van der Waals surface area contributed by atoms with E-state index < -0.39 is 103 Å². The molecular formula is C102H67BN6. The number of anilines is 9. The van der Waals surface area contributed by atoms with Crippen molar-refractivity contribution < 1.29 is 21.9 Å². The summed E-state index contributed by atoms with van der Waals surface area (Å²) in [6.07, 6.45) is 0. The van der Waals surface area contributed by atoms with Gasteiger partial charge in [0.1, 0.15) is 0 Å². The maximum atomic E-state index is 10.2. The summed E-state index contributed by atoms with van der Waals surface area (Å²) in [5.74, 6) is 0. The van der Waals surface area contributed by atoms with E-state index in [1.54, 1.807) is 4.57 Å². The van der Waals surface area contributed by atoms with Crippen molar-refractivity contribution in [1.29, 1.82) is 0 Å². The Hall–Kier alpha value is -14.4. The van der Waals surface area contributed by atoms with Crippen LogP contribution in [0, 0.1) is 0 Å². The number of aromatic nitrogens is 3. The molecule has 5 heterocycles. The predicted molar refractivity (Wildman–Crippen MR) is 460 cm³/mol. The van der Waals surface area contributed by atoms with Crippen LogP contribution < -0.4 is 31.1 Å². The van der Waals surface area contributed by atoms with E-state index >= 15 is 0 Å². The van der Waals surface area contributed by atoms with Gasteiger partial charge in [-0.2, -0.15) is 0 Å². The summed E-state index contributed by atoms with van der Waals surface area (Å²) in [5.41, 5.74) is 18.2. The minimum atomic E-state index is -0.797. The van der Waals surface area contributed by atoms with Gasteiger partial charge in [0.05, 0.1) is 60.7 Å². The fourth-order valence-corrected chi connectivity index (χ4v) is 16.9. The molecule has 0 atom stereocenters. The molecule has 7 heteroatoms. The van der Waals surface area contributed by atoms with Crippen LogP contribution in [0.1, 0.15) is 21.9 Å². The molecular weight excluding hydrogens is 1320 g/mol. The lowest BCUT2D eigenvalue weighted by Crippen LogP contribution is -2.61. The van der Waals surface area contributed by atoms with E-state index in [0.29, 0.717) is 39.6 Å². The molecule has 3 aromatic heterocycles. The molecule has 0 spiro atoms. The van der Waals surface area contributed by atoms with Crippen molar-refractivity contribution in [3.05, 3.63) is 406 Å². The summed E-state index contributed by atoms with van der Waals surface area (Å²) in [5, 5.41) is 1.51. The van der Waals surface area contributed by atoms with Gasteiger partial charge < -0.3 is 28.4 Å². The second-order valence-corrected chi connectivity index (χ2v) is 27.6. The van der Waals surface area contributed by atoms with E-state index in [1.165, 1.54) is 4.57 Å². The summed E-state index contributed by atoms with van der Waals surface area (Å²) >= 11 is 0. The van der Waals surface area contributed by atoms with Crippen molar-refractivity contribution in [1.82, 2.24) is 13.7 Å². The van der Waals surface area contributed by atoms with E-state index in [0.717, 1.165) is 100.0 Å². The van der Waals surface area contributed by atoms with Gasteiger partial charge in [0.15, 0.2) is 0 Å². The molecule has 0 bridgehead atoms. The molecule has 109 heavy (non-hydrogen) atoms. The first-order chi connectivity index (χ1) is 60.7. The lowest BCUT2D eigenvalue weighted by atomic mass is 9.33.